The molecule has 0 aliphatic heterocycles. The first-order valence-electron chi connectivity index (χ1n) is 6.56. The molecule has 2 aromatic heterocycles. The molecule has 0 saturated carbocycles. The average Bonchev–Trinajstić information content (AvgIpc) is 3.00. The molecule has 5 heteroatoms. The zero-order valence-corrected chi connectivity index (χ0v) is 13.8. The molecule has 0 amide bonds. The minimum atomic E-state index is 0.354. The molecule has 0 saturated heterocycles. The van der Waals surface area contributed by atoms with Gasteiger partial charge in [-0.05, 0) is 58.9 Å². The number of hydrogen-bond acceptors (Lipinski definition) is 3. The zero-order valence-electron chi connectivity index (χ0n) is 11.4. The van der Waals surface area contributed by atoms with Crippen LogP contribution in [0.3, 0.4) is 0 Å². The Hall–Kier alpha value is -1.17. The molecule has 104 valence electrons. The van der Waals surface area contributed by atoms with Crippen molar-refractivity contribution in [2.45, 2.75) is 26.4 Å². The molecule has 0 radical (unpaired) electrons. The number of nitrogens with two attached hydrogens (primary N) is 1. The van der Waals surface area contributed by atoms with E-state index in [4.69, 9.17) is 10.7 Å². The molecule has 0 atom stereocenters. The summed E-state index contributed by atoms with van der Waals surface area (Å²) < 4.78 is 3.38. The first-order chi connectivity index (χ1) is 9.61. The van der Waals surface area contributed by atoms with E-state index in [9.17, 15) is 0 Å². The summed E-state index contributed by atoms with van der Waals surface area (Å²) in [6.07, 6.45) is 0. The lowest BCUT2D eigenvalue weighted by atomic mass is 10.2. The summed E-state index contributed by atoms with van der Waals surface area (Å²) >= 11 is 5.31. The molecule has 0 aliphatic rings. The summed E-state index contributed by atoms with van der Waals surface area (Å²) in [5, 5.41) is 2.08. The molecule has 3 aromatic rings. The highest BCUT2D eigenvalue weighted by Gasteiger charge is 2.17. The third kappa shape index (κ3) is 2.20. The van der Waals surface area contributed by atoms with E-state index < -0.39 is 0 Å². The van der Waals surface area contributed by atoms with Crippen molar-refractivity contribution in [3.63, 3.8) is 0 Å². The standard InChI is InChI=1S/C15H16BrN3S/c1-9(2)19-13-4-3-10(8-17)7-12(13)18-15(19)14-11(16)5-6-20-14/h3-7,9H,8,17H2,1-2H3. The van der Waals surface area contributed by atoms with Gasteiger partial charge in [0.15, 0.2) is 5.82 Å². The average molecular weight is 350 g/mol. The van der Waals surface area contributed by atoms with Crippen LogP contribution in [0, 0.1) is 0 Å². The van der Waals surface area contributed by atoms with Gasteiger partial charge >= 0.3 is 0 Å². The van der Waals surface area contributed by atoms with Crippen molar-refractivity contribution in [1.29, 1.82) is 0 Å². The van der Waals surface area contributed by atoms with Crippen LogP contribution >= 0.6 is 27.3 Å². The first-order valence-corrected chi connectivity index (χ1v) is 8.23. The molecule has 2 N–H and O–H groups in total. The largest absolute Gasteiger partial charge is 0.326 e. The molecular weight excluding hydrogens is 334 g/mol. The number of hydrogen-bond donors (Lipinski definition) is 1. The van der Waals surface area contributed by atoms with Crippen LogP contribution < -0.4 is 5.73 Å². The van der Waals surface area contributed by atoms with Crippen LogP contribution in [0.2, 0.25) is 0 Å². The molecule has 0 aliphatic carbocycles. The lowest BCUT2D eigenvalue weighted by molar-refractivity contribution is 0.625. The molecule has 20 heavy (non-hydrogen) atoms. The van der Waals surface area contributed by atoms with Crippen LogP contribution in [-0.2, 0) is 6.54 Å². The van der Waals surface area contributed by atoms with Gasteiger partial charge in [-0.25, -0.2) is 4.98 Å². The topological polar surface area (TPSA) is 43.8 Å². The second-order valence-corrected chi connectivity index (χ2v) is 6.79. The Kier molecular flexibility index (Phi) is 3.67. The Balaban J connectivity index is 2.31. The molecule has 0 unspecified atom stereocenters. The number of benzene rings is 1. The van der Waals surface area contributed by atoms with Crippen molar-refractivity contribution in [3.05, 3.63) is 39.7 Å². The first kappa shape index (κ1) is 13.8. The summed E-state index contributed by atoms with van der Waals surface area (Å²) in [5.74, 6) is 1.02. The summed E-state index contributed by atoms with van der Waals surface area (Å²) in [7, 11) is 0. The number of rotatable bonds is 3. The SMILES string of the molecule is CC(C)n1c(-c2sccc2Br)nc2cc(CN)ccc21. The van der Waals surface area contributed by atoms with Crippen LogP contribution in [0.4, 0.5) is 0 Å². The smallest absolute Gasteiger partial charge is 0.152 e. The van der Waals surface area contributed by atoms with Gasteiger partial charge in [0.2, 0.25) is 0 Å². The van der Waals surface area contributed by atoms with Gasteiger partial charge < -0.3 is 10.3 Å². The van der Waals surface area contributed by atoms with Gasteiger partial charge in [-0.3, -0.25) is 0 Å². The van der Waals surface area contributed by atoms with E-state index >= 15 is 0 Å². The van der Waals surface area contributed by atoms with E-state index in [-0.39, 0.29) is 0 Å². The van der Waals surface area contributed by atoms with Crippen LogP contribution in [0.15, 0.2) is 34.1 Å². The van der Waals surface area contributed by atoms with Gasteiger partial charge in [-0.1, -0.05) is 6.07 Å². The predicted octanol–water partition coefficient (Wildman–Crippen LogP) is 4.57. The Bertz CT molecular complexity index is 758. The second kappa shape index (κ2) is 5.31. The van der Waals surface area contributed by atoms with E-state index in [0.717, 1.165) is 26.9 Å². The number of aromatic nitrogens is 2. The Morgan fingerprint density at radius 1 is 1.35 bits per heavy atom. The lowest BCUT2D eigenvalue weighted by Gasteiger charge is -2.12. The molecule has 2 heterocycles. The maximum Gasteiger partial charge on any atom is 0.152 e. The van der Waals surface area contributed by atoms with E-state index in [1.165, 1.54) is 4.88 Å². The van der Waals surface area contributed by atoms with Crippen molar-refractivity contribution in [3.8, 4) is 10.7 Å². The second-order valence-electron chi connectivity index (χ2n) is 5.02. The van der Waals surface area contributed by atoms with Crippen molar-refractivity contribution in [2.24, 2.45) is 5.73 Å². The number of thiophene rings is 1. The summed E-state index contributed by atoms with van der Waals surface area (Å²) in [4.78, 5) is 6.00. The van der Waals surface area contributed by atoms with E-state index in [1.807, 2.05) is 0 Å². The van der Waals surface area contributed by atoms with Crippen LogP contribution in [0.1, 0.15) is 25.5 Å². The highest BCUT2D eigenvalue weighted by Crippen LogP contribution is 2.36. The highest BCUT2D eigenvalue weighted by molar-refractivity contribution is 9.10. The van der Waals surface area contributed by atoms with Gasteiger partial charge in [0.1, 0.15) is 0 Å². The fourth-order valence-corrected chi connectivity index (χ4v) is 3.94. The number of nitrogens with zero attached hydrogens (tertiary/aromatic N) is 2. The minimum absolute atomic E-state index is 0.354. The van der Waals surface area contributed by atoms with Gasteiger partial charge in [-0.2, -0.15) is 0 Å². The normalized spacial score (nSPS) is 11.7. The third-order valence-corrected chi connectivity index (χ3v) is 5.16. The molecule has 3 nitrogen and oxygen atoms in total. The molecular formula is C15H16BrN3S. The summed E-state index contributed by atoms with van der Waals surface area (Å²) in [6.45, 7) is 4.91. The van der Waals surface area contributed by atoms with E-state index in [2.05, 4.69) is 64.0 Å². The highest BCUT2D eigenvalue weighted by atomic mass is 79.9. The lowest BCUT2D eigenvalue weighted by Crippen LogP contribution is -2.02. The van der Waals surface area contributed by atoms with Gasteiger partial charge in [-0.15, -0.1) is 11.3 Å². The Morgan fingerprint density at radius 2 is 2.15 bits per heavy atom. The summed E-state index contributed by atoms with van der Waals surface area (Å²) in [6, 6.07) is 8.70. The fourth-order valence-electron chi connectivity index (χ4n) is 2.41. The Labute approximate surface area is 130 Å². The minimum Gasteiger partial charge on any atom is -0.326 e. The van der Waals surface area contributed by atoms with Crippen molar-refractivity contribution in [1.82, 2.24) is 9.55 Å². The van der Waals surface area contributed by atoms with Gasteiger partial charge in [0.25, 0.3) is 0 Å². The quantitative estimate of drug-likeness (QED) is 0.752. The molecule has 0 spiro atoms. The number of fused-ring (bicyclic) bond motifs is 1. The molecule has 3 rings (SSSR count). The van der Waals surface area contributed by atoms with E-state index in [1.54, 1.807) is 11.3 Å². The Morgan fingerprint density at radius 3 is 2.75 bits per heavy atom. The molecule has 1 aromatic carbocycles. The zero-order chi connectivity index (χ0) is 14.3. The maximum atomic E-state index is 5.72. The van der Waals surface area contributed by atoms with Crippen LogP contribution in [0.25, 0.3) is 21.7 Å². The van der Waals surface area contributed by atoms with Crippen molar-refractivity contribution >= 4 is 38.3 Å². The van der Waals surface area contributed by atoms with Crippen LogP contribution in [0.5, 0.6) is 0 Å². The number of halogens is 1. The third-order valence-electron chi connectivity index (χ3n) is 3.33. The monoisotopic (exact) mass is 349 g/mol. The predicted molar refractivity (Wildman–Crippen MR) is 89.0 cm³/mol. The molecule has 0 fully saturated rings. The molecule has 0 bridgehead atoms. The van der Waals surface area contributed by atoms with E-state index in [0.29, 0.717) is 12.6 Å². The van der Waals surface area contributed by atoms with Crippen molar-refractivity contribution < 1.29 is 0 Å². The van der Waals surface area contributed by atoms with Crippen molar-refractivity contribution in [2.75, 3.05) is 0 Å². The van der Waals surface area contributed by atoms with Crippen LogP contribution in [-0.4, -0.2) is 9.55 Å². The fraction of sp³-hybridized carbons (Fsp3) is 0.267. The summed E-state index contributed by atoms with van der Waals surface area (Å²) in [5.41, 5.74) is 9.01. The number of imidazole rings is 1. The van der Waals surface area contributed by atoms with Gasteiger partial charge in [0, 0.05) is 17.1 Å². The maximum absolute atomic E-state index is 5.72. The van der Waals surface area contributed by atoms with Gasteiger partial charge in [0.05, 0.1) is 15.9 Å².